The van der Waals surface area contributed by atoms with Gasteiger partial charge in [-0.1, -0.05) is 24.4 Å². The molecule has 0 amide bonds. The van der Waals surface area contributed by atoms with Crippen LogP contribution in [0.5, 0.6) is 0 Å². The minimum atomic E-state index is -0.469. The Morgan fingerprint density at radius 1 is 1.53 bits per heavy atom. The van der Waals surface area contributed by atoms with E-state index >= 15 is 0 Å². The van der Waals surface area contributed by atoms with Crippen molar-refractivity contribution in [2.75, 3.05) is 11.9 Å². The van der Waals surface area contributed by atoms with Gasteiger partial charge in [-0.15, -0.1) is 0 Å². The van der Waals surface area contributed by atoms with Crippen molar-refractivity contribution in [1.82, 2.24) is 4.98 Å². The molecule has 1 aliphatic carbocycles. The molecule has 1 saturated carbocycles. The highest BCUT2D eigenvalue weighted by atomic mass is 35.5. The normalized spacial score (nSPS) is 14.6. The van der Waals surface area contributed by atoms with Crippen LogP contribution in [0.3, 0.4) is 0 Å². The first-order valence-corrected chi connectivity index (χ1v) is 6.09. The van der Waals surface area contributed by atoms with Crippen LogP contribution in [0.15, 0.2) is 12.1 Å². The fourth-order valence-corrected chi connectivity index (χ4v) is 1.90. The summed E-state index contributed by atoms with van der Waals surface area (Å²) in [6.45, 7) is 0.779. The second-order valence-electron chi connectivity index (χ2n) is 4.30. The topological polar surface area (TPSA) is 68.1 Å². The van der Waals surface area contributed by atoms with E-state index in [9.17, 15) is 10.1 Å². The zero-order valence-electron chi connectivity index (χ0n) is 9.36. The van der Waals surface area contributed by atoms with Gasteiger partial charge in [0, 0.05) is 6.54 Å². The molecule has 0 spiro atoms. The van der Waals surface area contributed by atoms with Gasteiger partial charge < -0.3 is 5.32 Å². The number of rotatable bonds is 6. The van der Waals surface area contributed by atoms with Crippen molar-refractivity contribution in [2.45, 2.75) is 25.7 Å². The van der Waals surface area contributed by atoms with E-state index in [1.54, 1.807) is 0 Å². The summed E-state index contributed by atoms with van der Waals surface area (Å²) in [6, 6.07) is 2.65. The molecule has 1 aromatic heterocycles. The van der Waals surface area contributed by atoms with Crippen molar-refractivity contribution in [1.29, 1.82) is 0 Å². The van der Waals surface area contributed by atoms with Crippen molar-refractivity contribution >= 4 is 23.1 Å². The van der Waals surface area contributed by atoms with E-state index in [4.69, 9.17) is 11.6 Å². The maximum absolute atomic E-state index is 10.6. The van der Waals surface area contributed by atoms with Gasteiger partial charge in [-0.05, 0) is 18.8 Å². The molecule has 1 aromatic rings. The second kappa shape index (κ2) is 5.31. The molecule has 6 heteroatoms. The Bertz CT molecular complexity index is 421. The highest BCUT2D eigenvalue weighted by Gasteiger charge is 2.20. The largest absolute Gasteiger partial charge is 0.370 e. The molecule has 92 valence electrons. The number of nitrogens with zero attached hydrogens (tertiary/aromatic N) is 2. The van der Waals surface area contributed by atoms with Gasteiger partial charge in [0.1, 0.15) is 11.0 Å². The molecule has 0 aliphatic heterocycles. The molecule has 1 fully saturated rings. The highest BCUT2D eigenvalue weighted by Crippen LogP contribution is 2.33. The van der Waals surface area contributed by atoms with Gasteiger partial charge in [-0.2, -0.15) is 0 Å². The van der Waals surface area contributed by atoms with Crippen LogP contribution in [0.25, 0.3) is 0 Å². The Morgan fingerprint density at radius 3 is 2.94 bits per heavy atom. The average molecular weight is 256 g/mol. The van der Waals surface area contributed by atoms with Crippen molar-refractivity contribution in [3.8, 4) is 0 Å². The van der Waals surface area contributed by atoms with E-state index in [1.165, 1.54) is 31.4 Å². The van der Waals surface area contributed by atoms with Crippen LogP contribution >= 0.6 is 11.6 Å². The Balaban J connectivity index is 1.87. The molecule has 1 heterocycles. The van der Waals surface area contributed by atoms with E-state index in [-0.39, 0.29) is 10.8 Å². The molecule has 17 heavy (non-hydrogen) atoms. The summed E-state index contributed by atoms with van der Waals surface area (Å²) in [5.74, 6) is 1.37. The predicted molar refractivity (Wildman–Crippen MR) is 66.3 cm³/mol. The van der Waals surface area contributed by atoms with Gasteiger partial charge in [-0.25, -0.2) is 4.98 Å². The van der Waals surface area contributed by atoms with Gasteiger partial charge in [0.05, 0.1) is 17.1 Å². The standard InChI is InChI=1S/C11H14ClN3O2/c12-10-6-9(15(16)17)7-11(14-10)13-5-1-2-8-3-4-8/h6-8H,1-5H2,(H,13,14). The second-order valence-corrected chi connectivity index (χ2v) is 4.69. The maximum Gasteiger partial charge on any atom is 0.276 e. The lowest BCUT2D eigenvalue weighted by Gasteiger charge is -2.05. The van der Waals surface area contributed by atoms with Gasteiger partial charge in [0.2, 0.25) is 0 Å². The summed E-state index contributed by atoms with van der Waals surface area (Å²) >= 11 is 5.71. The molecule has 0 radical (unpaired) electrons. The molecule has 0 aromatic carbocycles. The minimum Gasteiger partial charge on any atom is -0.370 e. The van der Waals surface area contributed by atoms with Crippen molar-refractivity contribution in [2.24, 2.45) is 5.92 Å². The minimum absolute atomic E-state index is 0.0327. The van der Waals surface area contributed by atoms with E-state index in [2.05, 4.69) is 10.3 Å². The molecule has 0 saturated heterocycles. The summed E-state index contributed by atoms with van der Waals surface area (Å²) in [5, 5.41) is 13.8. The van der Waals surface area contributed by atoms with Crippen LogP contribution in [-0.2, 0) is 0 Å². The summed E-state index contributed by atoms with van der Waals surface area (Å²) in [6.07, 6.45) is 4.98. The number of hydrogen-bond donors (Lipinski definition) is 1. The molecule has 5 nitrogen and oxygen atoms in total. The molecule has 2 rings (SSSR count). The first-order valence-electron chi connectivity index (χ1n) is 5.71. The van der Waals surface area contributed by atoms with Gasteiger partial charge >= 0.3 is 0 Å². The lowest BCUT2D eigenvalue weighted by Crippen LogP contribution is -2.04. The number of aromatic nitrogens is 1. The summed E-state index contributed by atoms with van der Waals surface area (Å²) < 4.78 is 0. The van der Waals surface area contributed by atoms with Crippen LogP contribution in [0.4, 0.5) is 11.5 Å². The number of nitrogens with one attached hydrogen (secondary N) is 1. The lowest BCUT2D eigenvalue weighted by atomic mass is 10.2. The van der Waals surface area contributed by atoms with Crippen molar-refractivity contribution < 1.29 is 4.92 Å². The van der Waals surface area contributed by atoms with Gasteiger partial charge in [0.25, 0.3) is 5.69 Å². The number of nitro groups is 1. The molecular weight excluding hydrogens is 242 g/mol. The molecule has 0 unspecified atom stereocenters. The van der Waals surface area contributed by atoms with Crippen LogP contribution in [0.1, 0.15) is 25.7 Å². The fourth-order valence-electron chi connectivity index (χ4n) is 1.69. The average Bonchev–Trinajstić information content (AvgIpc) is 3.07. The molecule has 0 bridgehead atoms. The van der Waals surface area contributed by atoms with Gasteiger partial charge in [-0.3, -0.25) is 10.1 Å². The summed E-state index contributed by atoms with van der Waals surface area (Å²) in [7, 11) is 0. The highest BCUT2D eigenvalue weighted by molar-refractivity contribution is 6.29. The third-order valence-electron chi connectivity index (χ3n) is 2.78. The Hall–Kier alpha value is -1.36. The predicted octanol–water partition coefficient (Wildman–Crippen LogP) is 3.25. The molecule has 1 aliphatic rings. The SMILES string of the molecule is O=[N+]([O-])c1cc(Cl)nc(NCCCC2CC2)c1. The summed E-state index contributed by atoms with van der Waals surface area (Å²) in [4.78, 5) is 14.2. The monoisotopic (exact) mass is 255 g/mol. The Morgan fingerprint density at radius 2 is 2.29 bits per heavy atom. The smallest absolute Gasteiger partial charge is 0.276 e. The molecule has 0 atom stereocenters. The zero-order valence-corrected chi connectivity index (χ0v) is 10.1. The van der Waals surface area contributed by atoms with Crippen LogP contribution in [0.2, 0.25) is 5.15 Å². The number of halogens is 1. The van der Waals surface area contributed by atoms with E-state index in [0.717, 1.165) is 18.9 Å². The molecule has 1 N–H and O–H groups in total. The van der Waals surface area contributed by atoms with Crippen LogP contribution in [-0.4, -0.2) is 16.5 Å². The lowest BCUT2D eigenvalue weighted by molar-refractivity contribution is -0.384. The first kappa shape index (κ1) is 12.1. The van der Waals surface area contributed by atoms with E-state index < -0.39 is 4.92 Å². The third kappa shape index (κ3) is 3.85. The first-order chi connectivity index (χ1) is 8.15. The Kier molecular flexibility index (Phi) is 3.78. The van der Waals surface area contributed by atoms with Crippen LogP contribution < -0.4 is 5.32 Å². The van der Waals surface area contributed by atoms with Crippen LogP contribution in [0, 0.1) is 16.0 Å². The van der Waals surface area contributed by atoms with Gasteiger partial charge in [0.15, 0.2) is 0 Å². The van der Waals surface area contributed by atoms with Crippen molar-refractivity contribution in [3.05, 3.63) is 27.4 Å². The number of hydrogen-bond acceptors (Lipinski definition) is 4. The molecular formula is C11H14ClN3O2. The quantitative estimate of drug-likeness (QED) is 0.367. The zero-order chi connectivity index (χ0) is 12.3. The van der Waals surface area contributed by atoms with Crippen molar-refractivity contribution in [3.63, 3.8) is 0 Å². The summed E-state index contributed by atoms with van der Waals surface area (Å²) in [5.41, 5.74) is -0.0327. The third-order valence-corrected chi connectivity index (χ3v) is 2.98. The Labute approximate surface area is 104 Å². The fraction of sp³-hybridized carbons (Fsp3) is 0.545. The number of pyridine rings is 1. The number of anilines is 1. The maximum atomic E-state index is 10.6. The van der Waals surface area contributed by atoms with E-state index in [0.29, 0.717) is 5.82 Å². The van der Waals surface area contributed by atoms with E-state index in [1.807, 2.05) is 0 Å².